The Hall–Kier alpha value is -1.30. The molecule has 0 unspecified atom stereocenters. The zero-order valence-corrected chi connectivity index (χ0v) is 10.9. The predicted octanol–water partition coefficient (Wildman–Crippen LogP) is 0.838. The average molecular weight is 255 g/mol. The molecule has 6 heteroatoms. The number of thioether (sulfide) groups is 1. The van der Waals surface area contributed by atoms with Crippen molar-refractivity contribution in [3.63, 3.8) is 0 Å². The summed E-state index contributed by atoms with van der Waals surface area (Å²) in [5.74, 6) is 1.97. The van der Waals surface area contributed by atoms with E-state index in [1.54, 1.807) is 18.7 Å². The number of nitrogens with one attached hydrogen (secondary N) is 2. The minimum absolute atomic E-state index is 0.0248. The van der Waals surface area contributed by atoms with Crippen LogP contribution in [0.4, 0.5) is 0 Å². The largest absolute Gasteiger partial charge is 0.350 e. The summed E-state index contributed by atoms with van der Waals surface area (Å²) in [5.41, 5.74) is 0.391. The highest BCUT2D eigenvalue weighted by molar-refractivity contribution is 7.99. The van der Waals surface area contributed by atoms with Gasteiger partial charge in [0.25, 0.3) is 5.56 Å². The van der Waals surface area contributed by atoms with Crippen LogP contribution in [-0.2, 0) is 11.3 Å². The van der Waals surface area contributed by atoms with Crippen LogP contribution in [0.5, 0.6) is 0 Å². The lowest BCUT2D eigenvalue weighted by Crippen LogP contribution is -2.26. The smallest absolute Gasteiger partial charge is 0.251 e. The van der Waals surface area contributed by atoms with Crippen LogP contribution >= 0.6 is 11.8 Å². The zero-order chi connectivity index (χ0) is 12.7. The first-order chi connectivity index (χ1) is 8.11. The van der Waals surface area contributed by atoms with Gasteiger partial charge < -0.3 is 10.3 Å². The van der Waals surface area contributed by atoms with E-state index < -0.39 is 0 Å². The molecule has 0 radical (unpaired) electrons. The van der Waals surface area contributed by atoms with E-state index in [-0.39, 0.29) is 11.5 Å². The number of carbonyl (C=O) groups is 1. The fraction of sp³-hybridized carbons (Fsp3) is 0.545. The Labute approximate surface area is 104 Å². The minimum Gasteiger partial charge on any atom is -0.350 e. The molecular formula is C11H17N3O2S. The highest BCUT2D eigenvalue weighted by Gasteiger charge is 2.03. The Kier molecular flexibility index (Phi) is 5.76. The lowest BCUT2D eigenvalue weighted by Gasteiger charge is -2.04. The topological polar surface area (TPSA) is 74.8 Å². The third-order valence-corrected chi connectivity index (χ3v) is 3.12. The van der Waals surface area contributed by atoms with Crippen molar-refractivity contribution in [1.82, 2.24) is 15.3 Å². The molecule has 1 aromatic rings. The first kappa shape index (κ1) is 13.8. The van der Waals surface area contributed by atoms with Gasteiger partial charge in [0.1, 0.15) is 5.82 Å². The molecule has 1 amide bonds. The van der Waals surface area contributed by atoms with Crippen LogP contribution in [0.15, 0.2) is 10.9 Å². The number of aromatic amines is 1. The molecule has 1 heterocycles. The summed E-state index contributed by atoms with van der Waals surface area (Å²) < 4.78 is 0. The molecule has 5 nitrogen and oxygen atoms in total. The Bertz CT molecular complexity index is 431. The van der Waals surface area contributed by atoms with Gasteiger partial charge in [0.05, 0.1) is 18.0 Å². The molecule has 1 rings (SSSR count). The number of rotatable bonds is 6. The molecule has 0 aliphatic rings. The monoisotopic (exact) mass is 255 g/mol. The van der Waals surface area contributed by atoms with Crippen LogP contribution in [0, 0.1) is 6.92 Å². The van der Waals surface area contributed by atoms with E-state index in [1.165, 1.54) is 6.07 Å². The second-order valence-electron chi connectivity index (χ2n) is 3.65. The Morgan fingerprint density at radius 3 is 3.00 bits per heavy atom. The third kappa shape index (κ3) is 5.53. The van der Waals surface area contributed by atoms with Gasteiger partial charge in [0.15, 0.2) is 0 Å². The van der Waals surface area contributed by atoms with Gasteiger partial charge in [-0.25, -0.2) is 4.98 Å². The van der Waals surface area contributed by atoms with Crippen molar-refractivity contribution in [3.8, 4) is 0 Å². The molecule has 0 saturated heterocycles. The fourth-order valence-electron chi connectivity index (χ4n) is 1.28. The van der Waals surface area contributed by atoms with E-state index in [1.807, 2.05) is 0 Å². The molecule has 0 spiro atoms. The van der Waals surface area contributed by atoms with Gasteiger partial charge in [-0.2, -0.15) is 11.8 Å². The van der Waals surface area contributed by atoms with Crippen LogP contribution in [0.3, 0.4) is 0 Å². The van der Waals surface area contributed by atoms with Crippen molar-refractivity contribution in [3.05, 3.63) is 27.9 Å². The van der Waals surface area contributed by atoms with Crippen molar-refractivity contribution >= 4 is 17.7 Å². The number of hydrogen-bond acceptors (Lipinski definition) is 4. The van der Waals surface area contributed by atoms with Crippen molar-refractivity contribution in [2.45, 2.75) is 26.8 Å². The van der Waals surface area contributed by atoms with Gasteiger partial charge in [-0.05, 0) is 19.1 Å². The molecular weight excluding hydrogens is 238 g/mol. The Morgan fingerprint density at radius 1 is 1.59 bits per heavy atom. The van der Waals surface area contributed by atoms with Crippen molar-refractivity contribution in [2.75, 3.05) is 11.5 Å². The Morgan fingerprint density at radius 2 is 2.35 bits per heavy atom. The van der Waals surface area contributed by atoms with Crippen LogP contribution in [-0.4, -0.2) is 27.4 Å². The summed E-state index contributed by atoms with van der Waals surface area (Å²) in [4.78, 5) is 29.3. The SMILES string of the molecule is CCCSCC(=O)NCc1cc(=O)[nH]c(C)n1. The number of aromatic nitrogens is 2. The number of amides is 1. The first-order valence-electron chi connectivity index (χ1n) is 5.53. The number of carbonyl (C=O) groups excluding carboxylic acids is 1. The number of nitrogens with zero attached hydrogens (tertiary/aromatic N) is 1. The maximum atomic E-state index is 11.4. The standard InChI is InChI=1S/C11H17N3O2S/c1-3-4-17-7-11(16)12-6-9-5-10(15)14-8(2)13-9/h5H,3-4,6-7H2,1-2H3,(H,12,16)(H,13,14,15). The maximum absolute atomic E-state index is 11.4. The van der Waals surface area contributed by atoms with E-state index in [0.29, 0.717) is 23.8 Å². The summed E-state index contributed by atoms with van der Waals surface area (Å²) in [5, 5.41) is 2.74. The molecule has 0 saturated carbocycles. The van der Waals surface area contributed by atoms with E-state index in [2.05, 4.69) is 22.2 Å². The lowest BCUT2D eigenvalue weighted by molar-refractivity contribution is -0.118. The summed E-state index contributed by atoms with van der Waals surface area (Å²) in [6.45, 7) is 4.09. The van der Waals surface area contributed by atoms with Crippen molar-refractivity contribution < 1.29 is 4.79 Å². The van der Waals surface area contributed by atoms with Gasteiger partial charge in [-0.1, -0.05) is 6.92 Å². The van der Waals surface area contributed by atoms with E-state index >= 15 is 0 Å². The lowest BCUT2D eigenvalue weighted by atomic mass is 10.4. The van der Waals surface area contributed by atoms with E-state index in [0.717, 1.165) is 12.2 Å². The van der Waals surface area contributed by atoms with Gasteiger partial charge in [-0.3, -0.25) is 9.59 Å². The molecule has 0 aromatic carbocycles. The van der Waals surface area contributed by atoms with Crippen LogP contribution in [0.25, 0.3) is 0 Å². The van der Waals surface area contributed by atoms with Crippen molar-refractivity contribution in [1.29, 1.82) is 0 Å². The van der Waals surface area contributed by atoms with Gasteiger partial charge in [0.2, 0.25) is 5.91 Å². The average Bonchev–Trinajstić information content (AvgIpc) is 2.25. The van der Waals surface area contributed by atoms with Crippen LogP contribution in [0.2, 0.25) is 0 Å². The third-order valence-electron chi connectivity index (χ3n) is 1.96. The Balaban J connectivity index is 2.39. The highest BCUT2D eigenvalue weighted by atomic mass is 32.2. The molecule has 2 N–H and O–H groups in total. The molecule has 0 bridgehead atoms. The second-order valence-corrected chi connectivity index (χ2v) is 4.76. The molecule has 1 aromatic heterocycles. The summed E-state index contributed by atoms with van der Waals surface area (Å²) in [6.07, 6.45) is 1.06. The highest BCUT2D eigenvalue weighted by Crippen LogP contribution is 2.01. The molecule has 0 aliphatic heterocycles. The van der Waals surface area contributed by atoms with Crippen LogP contribution < -0.4 is 10.9 Å². The maximum Gasteiger partial charge on any atom is 0.251 e. The summed E-state index contributed by atoms with van der Waals surface area (Å²) >= 11 is 1.60. The van der Waals surface area contributed by atoms with Crippen molar-refractivity contribution in [2.24, 2.45) is 0 Å². The van der Waals surface area contributed by atoms with E-state index in [9.17, 15) is 9.59 Å². The molecule has 17 heavy (non-hydrogen) atoms. The van der Waals surface area contributed by atoms with Gasteiger partial charge in [0, 0.05) is 6.07 Å². The normalized spacial score (nSPS) is 10.2. The predicted molar refractivity (Wildman–Crippen MR) is 69.1 cm³/mol. The van der Waals surface area contributed by atoms with Gasteiger partial charge >= 0.3 is 0 Å². The fourth-order valence-corrected chi connectivity index (χ4v) is 2.00. The molecule has 94 valence electrons. The first-order valence-corrected chi connectivity index (χ1v) is 6.68. The van der Waals surface area contributed by atoms with E-state index in [4.69, 9.17) is 0 Å². The number of hydrogen-bond donors (Lipinski definition) is 2. The number of aryl methyl sites for hydroxylation is 1. The number of H-pyrrole nitrogens is 1. The zero-order valence-electron chi connectivity index (χ0n) is 10.1. The quantitative estimate of drug-likeness (QED) is 0.739. The van der Waals surface area contributed by atoms with Gasteiger partial charge in [-0.15, -0.1) is 0 Å². The van der Waals surface area contributed by atoms with Crippen LogP contribution in [0.1, 0.15) is 24.9 Å². The summed E-state index contributed by atoms with van der Waals surface area (Å²) in [6, 6.07) is 1.40. The molecule has 0 atom stereocenters. The minimum atomic E-state index is -0.192. The second kappa shape index (κ2) is 7.11. The summed E-state index contributed by atoms with van der Waals surface area (Å²) in [7, 11) is 0. The molecule has 0 fully saturated rings. The molecule has 0 aliphatic carbocycles.